The van der Waals surface area contributed by atoms with Crippen molar-refractivity contribution in [2.45, 2.75) is 39.7 Å². The van der Waals surface area contributed by atoms with Gasteiger partial charge in [0.1, 0.15) is 5.82 Å². The molecule has 0 saturated heterocycles. The molecule has 1 atom stereocenters. The molecule has 1 rings (SSSR count). The second-order valence-corrected chi connectivity index (χ2v) is 4.20. The van der Waals surface area contributed by atoms with E-state index in [4.69, 9.17) is 5.73 Å². The van der Waals surface area contributed by atoms with E-state index in [1.54, 1.807) is 19.9 Å². The highest BCUT2D eigenvalue weighted by Gasteiger charge is 2.20. The Kier molecular flexibility index (Phi) is 4.19. The Hall–Kier alpha value is -1.22. The molecule has 2 N–H and O–H groups in total. The molecule has 0 bridgehead atoms. The van der Waals surface area contributed by atoms with Gasteiger partial charge in [0, 0.05) is 0 Å². The predicted molar refractivity (Wildman–Crippen MR) is 63.1 cm³/mol. The van der Waals surface area contributed by atoms with Gasteiger partial charge in [-0.05, 0) is 37.5 Å². The molecule has 88 valence electrons. The third-order valence-electron chi connectivity index (χ3n) is 2.61. The highest BCUT2D eigenvalue weighted by Crippen LogP contribution is 2.18. The van der Waals surface area contributed by atoms with Crippen molar-refractivity contribution in [1.82, 2.24) is 0 Å². The number of carbonyl (C=O) groups is 1. The zero-order valence-electron chi connectivity index (χ0n) is 10.0. The smallest absolute Gasteiger partial charge is 0.182 e. The summed E-state index contributed by atoms with van der Waals surface area (Å²) in [5.74, 6) is -0.758. The fraction of sp³-hybridized carbons (Fsp3) is 0.462. The second-order valence-electron chi connectivity index (χ2n) is 4.20. The Morgan fingerprint density at radius 1 is 1.44 bits per heavy atom. The lowest BCUT2D eigenvalue weighted by Gasteiger charge is -2.12. The Balaban J connectivity index is 3.08. The third kappa shape index (κ3) is 2.67. The number of benzene rings is 1. The van der Waals surface area contributed by atoms with Crippen LogP contribution in [-0.4, -0.2) is 11.8 Å². The molecule has 0 saturated carbocycles. The Morgan fingerprint density at radius 3 is 2.56 bits per heavy atom. The standard InChI is InChI=1S/C13H18FNO/c1-4-5-11(15)13(16)12-9(3)6-8(2)7-10(12)14/h6-7,11H,4-5,15H2,1-3H3. The SMILES string of the molecule is CCCC(N)C(=O)c1c(C)cc(C)cc1F. The van der Waals surface area contributed by atoms with Crippen LogP contribution in [-0.2, 0) is 0 Å². The molecule has 0 amide bonds. The van der Waals surface area contributed by atoms with E-state index in [-0.39, 0.29) is 11.3 Å². The van der Waals surface area contributed by atoms with Crippen molar-refractivity contribution in [1.29, 1.82) is 0 Å². The molecule has 3 heteroatoms. The van der Waals surface area contributed by atoms with Gasteiger partial charge in [-0.15, -0.1) is 0 Å². The van der Waals surface area contributed by atoms with Crippen LogP contribution in [0.1, 0.15) is 41.3 Å². The molecular formula is C13H18FNO. The number of ketones is 1. The second kappa shape index (κ2) is 5.21. The van der Waals surface area contributed by atoms with E-state index in [0.29, 0.717) is 12.0 Å². The van der Waals surface area contributed by atoms with Crippen LogP contribution in [0.3, 0.4) is 0 Å². The first-order chi connectivity index (χ1) is 7.47. The third-order valence-corrected chi connectivity index (χ3v) is 2.61. The van der Waals surface area contributed by atoms with Crippen molar-refractivity contribution in [3.05, 3.63) is 34.6 Å². The minimum absolute atomic E-state index is 0.145. The van der Waals surface area contributed by atoms with Crippen molar-refractivity contribution in [2.75, 3.05) is 0 Å². The molecule has 0 spiro atoms. The summed E-state index contributed by atoms with van der Waals surface area (Å²) in [5.41, 5.74) is 7.34. The predicted octanol–water partition coefficient (Wildman–Crippen LogP) is 2.75. The summed E-state index contributed by atoms with van der Waals surface area (Å²) in [6.07, 6.45) is 1.41. The van der Waals surface area contributed by atoms with Crippen molar-refractivity contribution in [3.8, 4) is 0 Å². The lowest BCUT2D eigenvalue weighted by atomic mass is 9.95. The monoisotopic (exact) mass is 223 g/mol. The van der Waals surface area contributed by atoms with Gasteiger partial charge in [0.2, 0.25) is 0 Å². The molecule has 0 aromatic heterocycles. The van der Waals surface area contributed by atoms with Crippen molar-refractivity contribution < 1.29 is 9.18 Å². The van der Waals surface area contributed by atoms with Crippen LogP contribution in [0.4, 0.5) is 4.39 Å². The molecule has 16 heavy (non-hydrogen) atoms. The molecule has 0 radical (unpaired) electrons. The number of hydrogen-bond acceptors (Lipinski definition) is 2. The number of rotatable bonds is 4. The Bertz CT molecular complexity index is 378. The Morgan fingerprint density at radius 2 is 2.06 bits per heavy atom. The number of Topliss-reactive ketones (excluding diaryl/α,β-unsaturated/α-hetero) is 1. The maximum atomic E-state index is 13.7. The van der Waals surface area contributed by atoms with Crippen LogP contribution in [0.2, 0.25) is 0 Å². The van der Waals surface area contributed by atoms with Crippen molar-refractivity contribution in [2.24, 2.45) is 5.73 Å². The minimum atomic E-state index is -0.596. The molecule has 1 aromatic rings. The van der Waals surface area contributed by atoms with Gasteiger partial charge in [0.15, 0.2) is 5.78 Å². The van der Waals surface area contributed by atoms with E-state index in [9.17, 15) is 9.18 Å². The Labute approximate surface area is 95.7 Å². The molecule has 2 nitrogen and oxygen atoms in total. The van der Waals surface area contributed by atoms with Gasteiger partial charge >= 0.3 is 0 Å². The molecule has 0 aliphatic carbocycles. The van der Waals surface area contributed by atoms with E-state index in [0.717, 1.165) is 12.0 Å². The van der Waals surface area contributed by atoms with Crippen molar-refractivity contribution >= 4 is 5.78 Å². The molecule has 0 aliphatic rings. The van der Waals surface area contributed by atoms with Gasteiger partial charge in [0.05, 0.1) is 11.6 Å². The van der Waals surface area contributed by atoms with E-state index in [2.05, 4.69) is 0 Å². The van der Waals surface area contributed by atoms with Crippen LogP contribution < -0.4 is 5.73 Å². The van der Waals surface area contributed by atoms with E-state index < -0.39 is 11.9 Å². The van der Waals surface area contributed by atoms with Crippen LogP contribution in [0.25, 0.3) is 0 Å². The van der Waals surface area contributed by atoms with Crippen molar-refractivity contribution in [3.63, 3.8) is 0 Å². The van der Waals surface area contributed by atoms with Gasteiger partial charge in [-0.1, -0.05) is 19.4 Å². The maximum absolute atomic E-state index is 13.7. The average Bonchev–Trinajstić information content (AvgIpc) is 2.16. The number of aryl methyl sites for hydroxylation is 2. The van der Waals surface area contributed by atoms with Crippen LogP contribution in [0.5, 0.6) is 0 Å². The first kappa shape index (κ1) is 12.8. The van der Waals surface area contributed by atoms with Gasteiger partial charge in [-0.3, -0.25) is 4.79 Å². The van der Waals surface area contributed by atoms with Crippen LogP contribution in [0, 0.1) is 19.7 Å². The normalized spacial score (nSPS) is 12.6. The van der Waals surface area contributed by atoms with E-state index in [1.165, 1.54) is 6.07 Å². The summed E-state index contributed by atoms with van der Waals surface area (Å²) in [6.45, 7) is 5.49. The summed E-state index contributed by atoms with van der Waals surface area (Å²) in [7, 11) is 0. The first-order valence-electron chi connectivity index (χ1n) is 5.54. The van der Waals surface area contributed by atoms with Gasteiger partial charge in [-0.2, -0.15) is 0 Å². The average molecular weight is 223 g/mol. The zero-order chi connectivity index (χ0) is 12.3. The molecule has 1 aromatic carbocycles. The topological polar surface area (TPSA) is 43.1 Å². The fourth-order valence-corrected chi connectivity index (χ4v) is 1.86. The van der Waals surface area contributed by atoms with Crippen LogP contribution >= 0.6 is 0 Å². The van der Waals surface area contributed by atoms with Gasteiger partial charge in [-0.25, -0.2) is 4.39 Å². The van der Waals surface area contributed by atoms with Gasteiger partial charge < -0.3 is 5.73 Å². The quantitative estimate of drug-likeness (QED) is 0.797. The molecule has 1 unspecified atom stereocenters. The largest absolute Gasteiger partial charge is 0.321 e. The number of halogens is 1. The molecule has 0 aliphatic heterocycles. The fourth-order valence-electron chi connectivity index (χ4n) is 1.86. The summed E-state index contributed by atoms with van der Waals surface area (Å²) < 4.78 is 13.7. The lowest BCUT2D eigenvalue weighted by Crippen LogP contribution is -2.31. The molecule has 0 fully saturated rings. The van der Waals surface area contributed by atoms with E-state index in [1.807, 2.05) is 6.92 Å². The zero-order valence-corrected chi connectivity index (χ0v) is 10.0. The number of hydrogen-bond donors (Lipinski definition) is 1. The lowest BCUT2D eigenvalue weighted by molar-refractivity contribution is 0.0952. The first-order valence-corrected chi connectivity index (χ1v) is 5.54. The highest BCUT2D eigenvalue weighted by atomic mass is 19.1. The summed E-state index contributed by atoms with van der Waals surface area (Å²) in [6, 6.07) is 2.58. The molecular weight excluding hydrogens is 205 g/mol. The van der Waals surface area contributed by atoms with Crippen LogP contribution in [0.15, 0.2) is 12.1 Å². The van der Waals surface area contributed by atoms with E-state index >= 15 is 0 Å². The summed E-state index contributed by atoms with van der Waals surface area (Å²) in [5, 5.41) is 0. The molecule has 0 heterocycles. The number of carbonyl (C=O) groups excluding carboxylic acids is 1. The summed E-state index contributed by atoms with van der Waals surface area (Å²) in [4.78, 5) is 11.9. The van der Waals surface area contributed by atoms with Gasteiger partial charge in [0.25, 0.3) is 0 Å². The minimum Gasteiger partial charge on any atom is -0.321 e. The number of nitrogens with two attached hydrogens (primary N) is 1. The summed E-state index contributed by atoms with van der Waals surface area (Å²) >= 11 is 0. The highest BCUT2D eigenvalue weighted by molar-refractivity contribution is 6.01. The maximum Gasteiger partial charge on any atom is 0.182 e.